The van der Waals surface area contributed by atoms with Crippen LogP contribution in [-0.2, 0) is 0 Å². The van der Waals surface area contributed by atoms with Crippen LogP contribution in [0.1, 0.15) is 17.2 Å². The molecule has 5 rings (SSSR count). The fraction of sp³-hybridized carbons (Fsp3) is 0.190. The zero-order valence-corrected chi connectivity index (χ0v) is 16.9. The SMILES string of the molecule is Cc1ccc(SC2CSc3[nH]c(=O)c4cn[nH]c4[n+]3C2c2ccccc2)cc1. The Balaban J connectivity index is 1.66. The molecule has 0 radical (unpaired) electrons. The van der Waals surface area contributed by atoms with Crippen molar-refractivity contribution in [3.8, 4) is 0 Å². The summed E-state index contributed by atoms with van der Waals surface area (Å²) in [4.78, 5) is 16.7. The number of thioether (sulfide) groups is 2. The first-order valence-corrected chi connectivity index (χ1v) is 11.0. The summed E-state index contributed by atoms with van der Waals surface area (Å²) in [6.07, 6.45) is 1.60. The highest BCUT2D eigenvalue weighted by atomic mass is 32.2. The molecular weight excluding hydrogens is 388 g/mol. The summed E-state index contributed by atoms with van der Waals surface area (Å²) in [5.41, 5.74) is 3.16. The molecule has 0 saturated carbocycles. The van der Waals surface area contributed by atoms with Crippen LogP contribution in [0.2, 0.25) is 0 Å². The van der Waals surface area contributed by atoms with Crippen LogP contribution in [0.5, 0.6) is 0 Å². The molecule has 2 aromatic heterocycles. The Morgan fingerprint density at radius 1 is 1.14 bits per heavy atom. The molecule has 0 bridgehead atoms. The molecule has 2 N–H and O–H groups in total. The molecule has 1 aliphatic rings. The third-order valence-corrected chi connectivity index (χ3v) is 7.59. The minimum atomic E-state index is -0.0982. The second kappa shape index (κ2) is 7.14. The standard InChI is InChI=1S/C21H18N4OS2/c1-13-7-9-15(10-8-13)28-17-12-27-21-23-20(26)16-11-22-24-19(16)25(21)18(17)14-5-3-2-4-6-14/h2-11,17-18H,12H2,1H3,(H,22,24,26)/p+1. The second-order valence-electron chi connectivity index (χ2n) is 6.90. The smallest absolute Gasteiger partial charge is 0.250 e. The third kappa shape index (κ3) is 3.04. The van der Waals surface area contributed by atoms with Crippen LogP contribution in [0, 0.1) is 6.92 Å². The molecule has 0 amide bonds. The van der Waals surface area contributed by atoms with Gasteiger partial charge in [0.25, 0.3) is 10.8 Å². The average Bonchev–Trinajstić information content (AvgIpc) is 3.21. The van der Waals surface area contributed by atoms with Gasteiger partial charge in [-0.2, -0.15) is 5.10 Å². The van der Waals surface area contributed by atoms with Crippen molar-refractivity contribution in [1.29, 1.82) is 0 Å². The summed E-state index contributed by atoms with van der Waals surface area (Å²) in [5, 5.41) is 8.96. The first kappa shape index (κ1) is 17.6. The molecule has 0 fully saturated rings. The van der Waals surface area contributed by atoms with E-state index in [1.807, 2.05) is 17.8 Å². The molecule has 0 spiro atoms. The Bertz CT molecular complexity index is 1180. The lowest BCUT2D eigenvalue weighted by Crippen LogP contribution is -2.53. The molecule has 5 nitrogen and oxygen atoms in total. The summed E-state index contributed by atoms with van der Waals surface area (Å²) in [6.45, 7) is 2.11. The molecule has 28 heavy (non-hydrogen) atoms. The monoisotopic (exact) mass is 407 g/mol. The van der Waals surface area contributed by atoms with E-state index in [-0.39, 0.29) is 11.6 Å². The quantitative estimate of drug-likeness (QED) is 0.401. The van der Waals surface area contributed by atoms with E-state index < -0.39 is 0 Å². The highest BCUT2D eigenvalue weighted by molar-refractivity contribution is 8.03. The van der Waals surface area contributed by atoms with Crippen molar-refractivity contribution in [2.75, 3.05) is 5.75 Å². The van der Waals surface area contributed by atoms with Crippen molar-refractivity contribution < 1.29 is 4.57 Å². The maximum absolute atomic E-state index is 12.4. The topological polar surface area (TPSA) is 65.4 Å². The lowest BCUT2D eigenvalue weighted by Gasteiger charge is -2.31. The van der Waals surface area contributed by atoms with E-state index in [0.717, 1.165) is 16.6 Å². The largest absolute Gasteiger partial charge is 0.320 e. The molecule has 1 aliphatic heterocycles. The molecule has 4 aromatic rings. The van der Waals surface area contributed by atoms with Gasteiger partial charge in [0.05, 0.1) is 11.4 Å². The van der Waals surface area contributed by atoms with E-state index >= 15 is 0 Å². The van der Waals surface area contributed by atoms with Gasteiger partial charge in [-0.15, -0.1) is 16.9 Å². The Kier molecular flexibility index (Phi) is 4.49. The molecule has 140 valence electrons. The van der Waals surface area contributed by atoms with E-state index in [1.165, 1.54) is 16.0 Å². The van der Waals surface area contributed by atoms with Gasteiger partial charge < -0.3 is 0 Å². The van der Waals surface area contributed by atoms with Gasteiger partial charge in [-0.05, 0) is 24.6 Å². The molecular formula is C21H19N4OS2+. The van der Waals surface area contributed by atoms with Crippen molar-refractivity contribution in [1.82, 2.24) is 15.2 Å². The number of rotatable bonds is 3. The third-order valence-electron chi connectivity index (χ3n) is 5.01. The van der Waals surface area contributed by atoms with Gasteiger partial charge in [0.2, 0.25) is 0 Å². The fourth-order valence-electron chi connectivity index (χ4n) is 3.65. The summed E-state index contributed by atoms with van der Waals surface area (Å²) >= 11 is 3.58. The van der Waals surface area contributed by atoms with E-state index in [4.69, 9.17) is 0 Å². The first-order chi connectivity index (χ1) is 13.7. The van der Waals surface area contributed by atoms with Gasteiger partial charge in [-0.1, -0.05) is 59.8 Å². The maximum atomic E-state index is 12.4. The minimum absolute atomic E-state index is 0.0866. The lowest BCUT2D eigenvalue weighted by molar-refractivity contribution is -0.731. The van der Waals surface area contributed by atoms with Gasteiger partial charge in [-0.3, -0.25) is 4.79 Å². The van der Waals surface area contributed by atoms with Crippen LogP contribution in [0.3, 0.4) is 0 Å². The van der Waals surface area contributed by atoms with Crippen LogP contribution in [0.25, 0.3) is 11.0 Å². The highest BCUT2D eigenvalue weighted by Crippen LogP contribution is 2.39. The van der Waals surface area contributed by atoms with E-state index in [0.29, 0.717) is 10.6 Å². The maximum Gasteiger partial charge on any atom is 0.320 e. The van der Waals surface area contributed by atoms with Crippen molar-refractivity contribution in [3.63, 3.8) is 0 Å². The molecule has 2 unspecified atom stereocenters. The number of nitrogens with zero attached hydrogens (tertiary/aromatic N) is 2. The van der Waals surface area contributed by atoms with Gasteiger partial charge in [0.1, 0.15) is 6.04 Å². The van der Waals surface area contributed by atoms with Crippen LogP contribution < -0.4 is 10.1 Å². The van der Waals surface area contributed by atoms with E-state index in [1.54, 1.807) is 18.0 Å². The number of benzene rings is 2. The Labute approximate surface area is 170 Å². The summed E-state index contributed by atoms with van der Waals surface area (Å²) < 4.78 is 2.21. The predicted molar refractivity (Wildman–Crippen MR) is 113 cm³/mol. The van der Waals surface area contributed by atoms with Crippen molar-refractivity contribution >= 4 is 34.6 Å². The normalized spacial score (nSPS) is 18.9. The van der Waals surface area contributed by atoms with Gasteiger partial charge in [0, 0.05) is 10.6 Å². The van der Waals surface area contributed by atoms with Crippen molar-refractivity contribution in [2.45, 2.75) is 28.3 Å². The number of fused-ring (bicyclic) bond motifs is 3. The first-order valence-electron chi connectivity index (χ1n) is 9.12. The number of aromatic amines is 2. The second-order valence-corrected chi connectivity index (χ2v) is 9.22. The van der Waals surface area contributed by atoms with Crippen molar-refractivity contribution in [3.05, 3.63) is 82.3 Å². The summed E-state index contributed by atoms with van der Waals surface area (Å²) in [6, 6.07) is 19.3. The van der Waals surface area contributed by atoms with E-state index in [2.05, 4.69) is 75.2 Å². The predicted octanol–water partition coefficient (Wildman–Crippen LogP) is 3.70. The van der Waals surface area contributed by atoms with Crippen LogP contribution in [0.4, 0.5) is 0 Å². The molecule has 0 aliphatic carbocycles. The number of hydrogen-bond donors (Lipinski definition) is 2. The number of aryl methyl sites for hydroxylation is 1. The van der Waals surface area contributed by atoms with Crippen LogP contribution in [0.15, 0.2) is 75.6 Å². The summed E-state index contributed by atoms with van der Waals surface area (Å²) in [5.74, 6) is 0.910. The van der Waals surface area contributed by atoms with Gasteiger partial charge >= 0.3 is 5.56 Å². The number of aromatic nitrogens is 4. The molecule has 3 heterocycles. The average molecular weight is 408 g/mol. The molecule has 0 saturated heterocycles. The summed E-state index contributed by atoms with van der Waals surface area (Å²) in [7, 11) is 0. The lowest BCUT2D eigenvalue weighted by atomic mass is 10.0. The molecule has 7 heteroatoms. The minimum Gasteiger partial charge on any atom is -0.250 e. The number of nitrogens with one attached hydrogen (secondary N) is 2. The Morgan fingerprint density at radius 2 is 1.93 bits per heavy atom. The zero-order chi connectivity index (χ0) is 19.1. The van der Waals surface area contributed by atoms with Crippen LogP contribution in [-0.4, -0.2) is 26.2 Å². The number of H-pyrrole nitrogens is 2. The Hall–Kier alpha value is -2.51. The van der Waals surface area contributed by atoms with Crippen molar-refractivity contribution in [2.24, 2.45) is 0 Å². The van der Waals surface area contributed by atoms with E-state index in [9.17, 15) is 4.79 Å². The van der Waals surface area contributed by atoms with Crippen LogP contribution >= 0.6 is 23.5 Å². The fourth-order valence-corrected chi connectivity index (χ4v) is 6.19. The molecule has 2 aromatic carbocycles. The molecule has 2 atom stereocenters. The Morgan fingerprint density at radius 3 is 2.71 bits per heavy atom. The van der Waals surface area contributed by atoms with Gasteiger partial charge in [0.15, 0.2) is 5.39 Å². The highest BCUT2D eigenvalue weighted by Gasteiger charge is 2.38. The van der Waals surface area contributed by atoms with Gasteiger partial charge in [-0.25, -0.2) is 9.55 Å². The number of hydrogen-bond acceptors (Lipinski definition) is 4. The zero-order valence-electron chi connectivity index (χ0n) is 15.3.